The van der Waals surface area contributed by atoms with Gasteiger partial charge in [-0.05, 0) is 58.4 Å². The Bertz CT molecular complexity index is 1590. The van der Waals surface area contributed by atoms with E-state index in [-0.39, 0.29) is 18.3 Å². The first-order valence-corrected chi connectivity index (χ1v) is 18.9. The fourth-order valence-electron chi connectivity index (χ4n) is 8.20. The second-order valence-corrected chi connectivity index (χ2v) is 15.1. The molecular weight excluding hydrogens is 644 g/mol. The molecule has 1 saturated carbocycles. The second kappa shape index (κ2) is 14.9. The minimum atomic E-state index is 0. The molecule has 0 spiro atoms. The summed E-state index contributed by atoms with van der Waals surface area (Å²) in [5, 5.41) is 0. The Morgan fingerprint density at radius 2 is 1.36 bits per heavy atom. The maximum Gasteiger partial charge on any atom is -0.171 e. The first-order chi connectivity index (χ1) is 21.9. The summed E-state index contributed by atoms with van der Waals surface area (Å²) in [6, 6.07) is 22.3. The van der Waals surface area contributed by atoms with Gasteiger partial charge in [-0.15, -0.1) is 11.6 Å². The molecule has 0 N–H and O–H groups in total. The molecule has 0 aromatic heterocycles. The summed E-state index contributed by atoms with van der Waals surface area (Å²) in [6.07, 6.45) is 22.2. The van der Waals surface area contributed by atoms with E-state index in [9.17, 15) is 0 Å². The van der Waals surface area contributed by atoms with Gasteiger partial charge in [0.15, 0.2) is 0 Å². The van der Waals surface area contributed by atoms with Crippen LogP contribution in [-0.4, -0.2) is 4.21 Å². The Morgan fingerprint density at radius 3 is 1.89 bits per heavy atom. The fraction of sp³-hybridized carbons (Fsp3) is 0.391. The van der Waals surface area contributed by atoms with Gasteiger partial charge >= 0.3 is 28.4 Å². The molecule has 3 aromatic rings. The minimum Gasteiger partial charge on any atom is -0.358 e. The quantitative estimate of drug-likeness (QED) is 0.174. The maximum absolute atomic E-state index is 3.65. The van der Waals surface area contributed by atoms with Crippen molar-refractivity contribution in [2.75, 3.05) is 0 Å². The molecule has 5 aliphatic rings. The van der Waals surface area contributed by atoms with Gasteiger partial charge in [-0.3, -0.25) is 12.2 Å². The Labute approximate surface area is 302 Å². The van der Waals surface area contributed by atoms with Crippen molar-refractivity contribution in [2.24, 2.45) is 11.3 Å². The van der Waals surface area contributed by atoms with Gasteiger partial charge < -0.3 is 7.43 Å². The predicted octanol–water partition coefficient (Wildman–Crippen LogP) is 12.2. The molecule has 0 nitrogen and oxygen atoms in total. The molecule has 3 aromatic carbocycles. The van der Waals surface area contributed by atoms with Gasteiger partial charge in [0, 0.05) is 5.41 Å². The van der Waals surface area contributed by atoms with Crippen molar-refractivity contribution < 1.29 is 24.2 Å². The average molecular weight is 698 g/mol. The molecule has 0 saturated heterocycles. The molecule has 246 valence electrons. The van der Waals surface area contributed by atoms with Crippen LogP contribution in [0.25, 0.3) is 22.3 Å². The van der Waals surface area contributed by atoms with E-state index in [4.69, 9.17) is 0 Å². The number of rotatable bonds is 1. The van der Waals surface area contributed by atoms with Gasteiger partial charge in [-0.1, -0.05) is 116 Å². The molecule has 5 aliphatic carbocycles. The van der Waals surface area contributed by atoms with E-state index in [1.807, 2.05) is 30.3 Å². The third-order valence-corrected chi connectivity index (χ3v) is 10.6. The zero-order chi connectivity index (χ0) is 33.3. The summed E-state index contributed by atoms with van der Waals surface area (Å²) < 4.78 is 3.34. The number of hydrogen-bond donors (Lipinski definition) is 0. The third kappa shape index (κ3) is 7.67. The van der Waals surface area contributed by atoms with Crippen LogP contribution in [-0.2, 0) is 41.5 Å². The summed E-state index contributed by atoms with van der Waals surface area (Å²) in [5.74, 6) is 0.550. The van der Waals surface area contributed by atoms with Crippen LogP contribution in [0.5, 0.6) is 0 Å². The van der Waals surface area contributed by atoms with Gasteiger partial charge in [-0.25, -0.2) is 11.6 Å². The summed E-state index contributed by atoms with van der Waals surface area (Å²) in [4.78, 5) is 0. The van der Waals surface area contributed by atoms with Gasteiger partial charge in [0.2, 0.25) is 0 Å². The number of allylic oxidation sites excluding steroid dienone is 8. The van der Waals surface area contributed by atoms with Crippen LogP contribution in [0.2, 0.25) is 0 Å². The van der Waals surface area contributed by atoms with E-state index in [2.05, 4.69) is 120 Å². The van der Waals surface area contributed by atoms with Crippen LogP contribution in [0, 0.1) is 37.0 Å². The van der Waals surface area contributed by atoms with Crippen molar-refractivity contribution >= 4 is 15.4 Å². The molecule has 0 heterocycles. The molecule has 0 aliphatic heterocycles. The van der Waals surface area contributed by atoms with E-state index in [1.54, 1.807) is 5.57 Å². The molecule has 1 atom stereocenters. The zero-order valence-electron chi connectivity index (χ0n) is 30.5. The number of hydrogen-bond acceptors (Lipinski definition) is 0. The average Bonchev–Trinajstić information content (AvgIpc) is 3.76. The smallest absolute Gasteiger partial charge is 0.171 e. The van der Waals surface area contributed by atoms with Gasteiger partial charge in [0.25, 0.3) is 0 Å². The molecule has 0 radical (unpaired) electrons. The van der Waals surface area contributed by atoms with Crippen LogP contribution in [0.3, 0.4) is 0 Å². The maximum atomic E-state index is 3.65. The van der Waals surface area contributed by atoms with E-state index < -0.39 is 0 Å². The SMILES string of the molecule is CC1=[C-]C(C)(C)c2cc3c(cc21)-c1cc2c(cc1C3)C(C)(C)C=C2C.CC1[C-]=CC(C2(C)CCCCC2)=C1.[CH2]=[Zr].[CH3-].[c-]1ccccc1. The van der Waals surface area contributed by atoms with Crippen LogP contribution in [0.4, 0.5) is 0 Å². The molecule has 0 amide bonds. The summed E-state index contributed by atoms with van der Waals surface area (Å²) >= 11 is 1.30. The molecule has 8 rings (SSSR count). The number of fused-ring (bicyclic) bond motifs is 5. The van der Waals surface area contributed by atoms with Crippen molar-refractivity contribution in [3.63, 3.8) is 0 Å². The monoisotopic (exact) mass is 696 g/mol. The van der Waals surface area contributed by atoms with Gasteiger partial charge in [0.1, 0.15) is 0 Å². The molecule has 1 unspecified atom stereocenters. The molecule has 1 fully saturated rings. The van der Waals surface area contributed by atoms with E-state index in [0.29, 0.717) is 11.3 Å². The normalized spacial score (nSPS) is 20.8. The Kier molecular flexibility index (Phi) is 11.8. The van der Waals surface area contributed by atoms with E-state index >= 15 is 0 Å². The van der Waals surface area contributed by atoms with Crippen molar-refractivity contribution in [1.29, 1.82) is 0 Å². The Morgan fingerprint density at radius 1 is 0.766 bits per heavy atom. The minimum absolute atomic E-state index is 0. The predicted molar refractivity (Wildman–Crippen MR) is 202 cm³/mol. The van der Waals surface area contributed by atoms with E-state index in [0.717, 1.165) is 6.42 Å². The molecule has 47 heavy (non-hydrogen) atoms. The topological polar surface area (TPSA) is 0 Å². The molecule has 1 heteroatoms. The summed E-state index contributed by atoms with van der Waals surface area (Å²) in [7, 11) is 0. The van der Waals surface area contributed by atoms with Crippen LogP contribution < -0.4 is 0 Å². The first kappa shape index (κ1) is 37.2. The van der Waals surface area contributed by atoms with Gasteiger partial charge in [-0.2, -0.15) is 53.6 Å². The zero-order valence-corrected chi connectivity index (χ0v) is 32.9. The van der Waals surface area contributed by atoms with Crippen molar-refractivity contribution in [2.45, 2.75) is 105 Å². The first-order valence-electron chi connectivity index (χ1n) is 17.1. The third-order valence-electron chi connectivity index (χ3n) is 10.6. The van der Waals surface area contributed by atoms with Crippen LogP contribution >= 0.6 is 0 Å². The Hall–Kier alpha value is -2.63. The fourth-order valence-corrected chi connectivity index (χ4v) is 8.20. The molecular formula is C46H54Zr-4. The summed E-state index contributed by atoms with van der Waals surface area (Å²) in [6.45, 7) is 18.3. The molecule has 0 bridgehead atoms. The van der Waals surface area contributed by atoms with Crippen molar-refractivity contribution in [1.82, 2.24) is 0 Å². The van der Waals surface area contributed by atoms with Gasteiger partial charge in [0.05, 0.1) is 0 Å². The van der Waals surface area contributed by atoms with Crippen LogP contribution in [0.1, 0.15) is 121 Å². The standard InChI is InChI=1S/C25H25.C13H19.C6H5.CH3.CH2.Zr/c1-14-12-24(3,4)22-8-16-7-17-9-23-19(15(2)13-25(23,5)6)11-21(17)20(16)10-18(14)22;1-11-6-7-12(10-11)13(2)8-4-3-5-9-13;1-2-4-6-5-3-1;;;/h8-12H,7H2,1-6H3;7,10-11H,3-5,8-9H2,1-2H3;1-5H;1H3;1H2;/q4*-1;;. The number of benzene rings is 3. The van der Waals surface area contributed by atoms with E-state index in [1.165, 1.54) is 112 Å². The van der Waals surface area contributed by atoms with Crippen molar-refractivity contribution in [3.05, 3.63) is 137 Å². The summed E-state index contributed by atoms with van der Waals surface area (Å²) in [5.41, 5.74) is 16.6. The Balaban J connectivity index is 0.000000190. The largest absolute Gasteiger partial charge is 0.358 e. The van der Waals surface area contributed by atoms with Crippen LogP contribution in [0.15, 0.2) is 78.4 Å². The van der Waals surface area contributed by atoms with Crippen molar-refractivity contribution in [3.8, 4) is 11.1 Å². The second-order valence-electron chi connectivity index (χ2n) is 15.1.